The zero-order valence-electron chi connectivity index (χ0n) is 15.2. The Balaban J connectivity index is 1.86. The molecule has 0 aliphatic heterocycles. The quantitative estimate of drug-likeness (QED) is 0.678. The number of methoxy groups -OCH3 is 1. The standard InChI is InChI=1S/C20H25N3O3/c1-3-4-11-22-20(25)18-14-16(10-13-21-18)19(24)23-12-9-15-5-7-17(26-2)8-6-15/h5-8,10,13-14H,3-4,9,11-12H2,1-2H3,(H,22,25)(H,23,24). The summed E-state index contributed by atoms with van der Waals surface area (Å²) in [6.45, 7) is 3.17. The molecule has 0 radical (unpaired) electrons. The lowest BCUT2D eigenvalue weighted by Crippen LogP contribution is -2.28. The van der Waals surface area contributed by atoms with E-state index < -0.39 is 0 Å². The maximum absolute atomic E-state index is 12.3. The molecule has 26 heavy (non-hydrogen) atoms. The third-order valence-corrected chi connectivity index (χ3v) is 3.93. The molecule has 6 heteroatoms. The first kappa shape index (κ1) is 19.4. The van der Waals surface area contributed by atoms with Crippen LogP contribution in [0.5, 0.6) is 5.75 Å². The summed E-state index contributed by atoms with van der Waals surface area (Å²) < 4.78 is 5.12. The average molecular weight is 355 g/mol. The predicted octanol–water partition coefficient (Wildman–Crippen LogP) is 2.59. The van der Waals surface area contributed by atoms with E-state index in [2.05, 4.69) is 22.5 Å². The van der Waals surface area contributed by atoms with Crippen molar-refractivity contribution in [3.05, 3.63) is 59.4 Å². The number of unbranched alkanes of at least 4 members (excludes halogenated alkanes) is 1. The highest BCUT2D eigenvalue weighted by Crippen LogP contribution is 2.11. The summed E-state index contributed by atoms with van der Waals surface area (Å²) in [6, 6.07) is 10.8. The minimum absolute atomic E-state index is 0.219. The number of nitrogens with one attached hydrogen (secondary N) is 2. The zero-order valence-corrected chi connectivity index (χ0v) is 15.2. The number of pyridine rings is 1. The fraction of sp³-hybridized carbons (Fsp3) is 0.350. The van der Waals surface area contributed by atoms with Crippen molar-refractivity contribution in [1.82, 2.24) is 15.6 Å². The van der Waals surface area contributed by atoms with E-state index in [1.807, 2.05) is 24.3 Å². The first-order chi connectivity index (χ1) is 12.6. The maximum Gasteiger partial charge on any atom is 0.269 e. The Bertz CT molecular complexity index is 729. The Kier molecular flexibility index (Phi) is 7.61. The largest absolute Gasteiger partial charge is 0.497 e. The highest BCUT2D eigenvalue weighted by molar-refractivity contribution is 5.98. The molecule has 0 saturated heterocycles. The topological polar surface area (TPSA) is 80.3 Å². The molecule has 0 aliphatic rings. The maximum atomic E-state index is 12.3. The smallest absolute Gasteiger partial charge is 0.269 e. The number of hydrogen-bond acceptors (Lipinski definition) is 4. The van der Waals surface area contributed by atoms with E-state index in [4.69, 9.17) is 4.74 Å². The van der Waals surface area contributed by atoms with Gasteiger partial charge in [-0.3, -0.25) is 14.6 Å². The number of carbonyl (C=O) groups excluding carboxylic acids is 2. The molecule has 0 saturated carbocycles. The molecular formula is C20H25N3O3. The Morgan fingerprint density at radius 2 is 1.77 bits per heavy atom. The number of carbonyl (C=O) groups is 2. The second kappa shape index (κ2) is 10.2. The molecule has 0 fully saturated rings. The average Bonchev–Trinajstić information content (AvgIpc) is 2.68. The highest BCUT2D eigenvalue weighted by Gasteiger charge is 2.11. The van der Waals surface area contributed by atoms with Gasteiger partial charge in [-0.1, -0.05) is 25.5 Å². The van der Waals surface area contributed by atoms with Crippen LogP contribution in [0.4, 0.5) is 0 Å². The van der Waals surface area contributed by atoms with Gasteiger partial charge in [0.05, 0.1) is 7.11 Å². The molecule has 2 aromatic rings. The minimum atomic E-state index is -0.258. The SMILES string of the molecule is CCCCNC(=O)c1cc(C(=O)NCCc2ccc(OC)cc2)ccn1. The van der Waals surface area contributed by atoms with Crippen LogP contribution in [-0.4, -0.2) is 37.0 Å². The van der Waals surface area contributed by atoms with Gasteiger partial charge in [-0.05, 0) is 42.7 Å². The second-order valence-electron chi connectivity index (χ2n) is 5.89. The third-order valence-electron chi connectivity index (χ3n) is 3.93. The fourth-order valence-electron chi connectivity index (χ4n) is 2.38. The van der Waals surface area contributed by atoms with E-state index in [-0.39, 0.29) is 17.5 Å². The molecule has 0 unspecified atom stereocenters. The van der Waals surface area contributed by atoms with Crippen LogP contribution in [0, 0.1) is 0 Å². The number of benzene rings is 1. The highest BCUT2D eigenvalue weighted by atomic mass is 16.5. The molecule has 1 heterocycles. The van der Waals surface area contributed by atoms with Crippen molar-refractivity contribution >= 4 is 11.8 Å². The Labute approximate surface area is 154 Å². The predicted molar refractivity (Wildman–Crippen MR) is 101 cm³/mol. The molecule has 1 aromatic carbocycles. The van der Waals surface area contributed by atoms with E-state index in [9.17, 15) is 9.59 Å². The number of ether oxygens (including phenoxy) is 1. The van der Waals surface area contributed by atoms with Gasteiger partial charge in [0, 0.05) is 24.8 Å². The van der Waals surface area contributed by atoms with Gasteiger partial charge >= 0.3 is 0 Å². The Morgan fingerprint density at radius 3 is 2.46 bits per heavy atom. The number of hydrogen-bond donors (Lipinski definition) is 2. The van der Waals surface area contributed by atoms with Gasteiger partial charge in [-0.25, -0.2) is 0 Å². The van der Waals surface area contributed by atoms with Crippen molar-refractivity contribution in [2.24, 2.45) is 0 Å². The summed E-state index contributed by atoms with van der Waals surface area (Å²) in [5.74, 6) is 0.328. The van der Waals surface area contributed by atoms with Gasteiger partial charge in [0.1, 0.15) is 11.4 Å². The summed E-state index contributed by atoms with van der Waals surface area (Å²) >= 11 is 0. The van der Waals surface area contributed by atoms with Crippen LogP contribution in [0.2, 0.25) is 0 Å². The summed E-state index contributed by atoms with van der Waals surface area (Å²) in [6.07, 6.45) is 4.11. The normalized spacial score (nSPS) is 10.2. The van der Waals surface area contributed by atoms with Crippen LogP contribution in [0.3, 0.4) is 0 Å². The van der Waals surface area contributed by atoms with Crippen LogP contribution in [0.1, 0.15) is 46.2 Å². The molecule has 0 spiro atoms. The van der Waals surface area contributed by atoms with Crippen LogP contribution in [-0.2, 0) is 6.42 Å². The second-order valence-corrected chi connectivity index (χ2v) is 5.89. The van der Waals surface area contributed by atoms with Crippen molar-refractivity contribution in [2.75, 3.05) is 20.2 Å². The number of amides is 2. The molecule has 138 valence electrons. The molecule has 2 N–H and O–H groups in total. The monoisotopic (exact) mass is 355 g/mol. The molecule has 2 amide bonds. The molecule has 0 bridgehead atoms. The number of nitrogens with zero attached hydrogens (tertiary/aromatic N) is 1. The van der Waals surface area contributed by atoms with Crippen molar-refractivity contribution in [3.63, 3.8) is 0 Å². The first-order valence-corrected chi connectivity index (χ1v) is 8.79. The van der Waals surface area contributed by atoms with Gasteiger partial charge in [-0.2, -0.15) is 0 Å². The van der Waals surface area contributed by atoms with Crippen molar-refractivity contribution in [2.45, 2.75) is 26.2 Å². The summed E-state index contributed by atoms with van der Waals surface area (Å²) in [4.78, 5) is 28.4. The van der Waals surface area contributed by atoms with Gasteiger partial charge in [-0.15, -0.1) is 0 Å². The molecule has 0 aliphatic carbocycles. The van der Waals surface area contributed by atoms with Gasteiger partial charge in [0.15, 0.2) is 0 Å². The van der Waals surface area contributed by atoms with Crippen molar-refractivity contribution < 1.29 is 14.3 Å². The van der Waals surface area contributed by atoms with Gasteiger partial charge in [0.2, 0.25) is 0 Å². The lowest BCUT2D eigenvalue weighted by Gasteiger charge is -2.08. The molecule has 6 nitrogen and oxygen atoms in total. The van der Waals surface area contributed by atoms with E-state index in [0.717, 1.165) is 24.2 Å². The lowest BCUT2D eigenvalue weighted by molar-refractivity contribution is 0.0948. The van der Waals surface area contributed by atoms with E-state index >= 15 is 0 Å². The first-order valence-electron chi connectivity index (χ1n) is 8.79. The van der Waals surface area contributed by atoms with Gasteiger partial charge < -0.3 is 15.4 Å². The number of aromatic nitrogens is 1. The lowest BCUT2D eigenvalue weighted by atomic mass is 10.1. The fourth-order valence-corrected chi connectivity index (χ4v) is 2.38. The third kappa shape index (κ3) is 5.88. The Hall–Kier alpha value is -2.89. The van der Waals surface area contributed by atoms with E-state index in [1.54, 1.807) is 13.2 Å². The van der Waals surface area contributed by atoms with E-state index in [0.29, 0.717) is 25.1 Å². The molecule has 0 atom stereocenters. The molecular weight excluding hydrogens is 330 g/mol. The van der Waals surface area contributed by atoms with E-state index in [1.165, 1.54) is 12.3 Å². The number of rotatable bonds is 9. The summed E-state index contributed by atoms with van der Waals surface area (Å²) in [5.41, 5.74) is 1.79. The van der Waals surface area contributed by atoms with Gasteiger partial charge in [0.25, 0.3) is 11.8 Å². The Morgan fingerprint density at radius 1 is 1.04 bits per heavy atom. The van der Waals surface area contributed by atoms with Crippen LogP contribution in [0.15, 0.2) is 42.6 Å². The van der Waals surface area contributed by atoms with Crippen molar-refractivity contribution in [1.29, 1.82) is 0 Å². The van der Waals surface area contributed by atoms with Crippen molar-refractivity contribution in [3.8, 4) is 5.75 Å². The molecule has 1 aromatic heterocycles. The molecule has 2 rings (SSSR count). The van der Waals surface area contributed by atoms with Crippen LogP contribution < -0.4 is 15.4 Å². The zero-order chi connectivity index (χ0) is 18.8. The summed E-state index contributed by atoms with van der Waals surface area (Å²) in [7, 11) is 1.63. The minimum Gasteiger partial charge on any atom is -0.497 e. The van der Waals surface area contributed by atoms with Crippen LogP contribution >= 0.6 is 0 Å². The van der Waals surface area contributed by atoms with Crippen LogP contribution in [0.25, 0.3) is 0 Å². The summed E-state index contributed by atoms with van der Waals surface area (Å²) in [5, 5.41) is 5.66.